The Kier molecular flexibility index (Phi) is 4.69. The van der Waals surface area contributed by atoms with E-state index in [2.05, 4.69) is 4.74 Å². The van der Waals surface area contributed by atoms with E-state index in [9.17, 15) is 9.59 Å². The van der Waals surface area contributed by atoms with Crippen LogP contribution in [0.15, 0.2) is 11.4 Å². The highest BCUT2D eigenvalue weighted by Gasteiger charge is 2.23. The zero-order chi connectivity index (χ0) is 13.0. The van der Waals surface area contributed by atoms with E-state index in [1.54, 1.807) is 0 Å². The van der Waals surface area contributed by atoms with Gasteiger partial charge in [0.25, 0.3) is 5.91 Å². The molecule has 1 aromatic rings. The van der Waals surface area contributed by atoms with Gasteiger partial charge in [-0.3, -0.25) is 9.59 Å². The Labute approximate surface area is 105 Å². The molecule has 1 rings (SSSR count). The van der Waals surface area contributed by atoms with Gasteiger partial charge in [0.2, 0.25) is 0 Å². The maximum atomic E-state index is 12.2. The predicted octanol–water partition coefficient (Wildman–Crippen LogP) is 2.08. The van der Waals surface area contributed by atoms with Crippen molar-refractivity contribution in [3.05, 3.63) is 21.9 Å². The third kappa shape index (κ3) is 3.30. The van der Waals surface area contributed by atoms with Crippen LogP contribution in [0.1, 0.15) is 29.1 Å². The molecule has 1 heterocycles. The van der Waals surface area contributed by atoms with Gasteiger partial charge in [0.15, 0.2) is 0 Å². The van der Waals surface area contributed by atoms with Crippen LogP contribution in [0.25, 0.3) is 0 Å². The Morgan fingerprint density at radius 2 is 2.12 bits per heavy atom. The van der Waals surface area contributed by atoms with Crippen LogP contribution in [0.5, 0.6) is 0 Å². The first-order chi connectivity index (χ1) is 7.97. The summed E-state index contributed by atoms with van der Waals surface area (Å²) in [5.41, 5.74) is 0.940. The molecule has 0 spiro atoms. The van der Waals surface area contributed by atoms with Crippen LogP contribution in [-0.2, 0) is 9.53 Å². The average Bonchev–Trinajstić information content (AvgIpc) is 2.70. The lowest BCUT2D eigenvalue weighted by Crippen LogP contribution is -2.41. The fourth-order valence-corrected chi connectivity index (χ4v) is 2.30. The summed E-state index contributed by atoms with van der Waals surface area (Å²) in [7, 11) is 1.32. The monoisotopic (exact) mass is 255 g/mol. The maximum Gasteiger partial charge on any atom is 0.325 e. The first-order valence-electron chi connectivity index (χ1n) is 5.39. The fourth-order valence-electron chi connectivity index (χ4n) is 1.41. The van der Waals surface area contributed by atoms with Crippen molar-refractivity contribution in [2.45, 2.75) is 26.8 Å². The van der Waals surface area contributed by atoms with Crippen LogP contribution in [-0.4, -0.2) is 36.5 Å². The smallest absolute Gasteiger partial charge is 0.325 e. The maximum absolute atomic E-state index is 12.2. The lowest BCUT2D eigenvalue weighted by atomic mass is 10.2. The number of hydrogen-bond donors (Lipinski definition) is 0. The molecule has 94 valence electrons. The van der Waals surface area contributed by atoms with Gasteiger partial charge in [-0.1, -0.05) is 0 Å². The molecule has 0 atom stereocenters. The molecule has 0 aliphatic rings. The second-order valence-electron chi connectivity index (χ2n) is 4.04. The lowest BCUT2D eigenvalue weighted by Gasteiger charge is -2.25. The van der Waals surface area contributed by atoms with Crippen LogP contribution >= 0.6 is 11.3 Å². The molecule has 1 aromatic heterocycles. The molecule has 0 radical (unpaired) electrons. The zero-order valence-electron chi connectivity index (χ0n) is 10.5. The Bertz CT molecular complexity index is 412. The van der Waals surface area contributed by atoms with Gasteiger partial charge in [0.05, 0.1) is 12.0 Å². The quantitative estimate of drug-likeness (QED) is 0.774. The minimum Gasteiger partial charge on any atom is -0.468 e. The molecule has 0 saturated carbocycles. The third-order valence-corrected chi connectivity index (χ3v) is 3.47. The van der Waals surface area contributed by atoms with Crippen LogP contribution < -0.4 is 0 Å². The number of nitrogens with zero attached hydrogens (tertiary/aromatic N) is 1. The van der Waals surface area contributed by atoms with E-state index in [-0.39, 0.29) is 18.5 Å². The number of aryl methyl sites for hydroxylation is 1. The van der Waals surface area contributed by atoms with Crippen LogP contribution in [0.3, 0.4) is 0 Å². The van der Waals surface area contributed by atoms with E-state index >= 15 is 0 Å². The summed E-state index contributed by atoms with van der Waals surface area (Å²) in [6, 6.07) is 1.86. The second-order valence-corrected chi connectivity index (χ2v) is 4.95. The Morgan fingerprint density at radius 3 is 2.53 bits per heavy atom. The van der Waals surface area contributed by atoms with Crippen molar-refractivity contribution >= 4 is 23.2 Å². The summed E-state index contributed by atoms with van der Waals surface area (Å²) in [5, 5.41) is 1.87. The van der Waals surface area contributed by atoms with Gasteiger partial charge < -0.3 is 9.64 Å². The number of carbonyl (C=O) groups excluding carboxylic acids is 2. The van der Waals surface area contributed by atoms with Crippen LogP contribution in [0.2, 0.25) is 0 Å². The van der Waals surface area contributed by atoms with Gasteiger partial charge in [0.1, 0.15) is 6.54 Å². The van der Waals surface area contributed by atoms with E-state index in [4.69, 9.17) is 0 Å². The number of thiophene rings is 1. The molecule has 0 fully saturated rings. The minimum atomic E-state index is -0.402. The summed E-state index contributed by atoms with van der Waals surface area (Å²) < 4.78 is 4.60. The van der Waals surface area contributed by atoms with Crippen molar-refractivity contribution in [1.29, 1.82) is 0 Å². The molecule has 1 amide bonds. The molecule has 0 aliphatic carbocycles. The van der Waals surface area contributed by atoms with Gasteiger partial charge in [-0.25, -0.2) is 0 Å². The van der Waals surface area contributed by atoms with Crippen molar-refractivity contribution in [1.82, 2.24) is 4.90 Å². The third-order valence-electron chi connectivity index (χ3n) is 2.47. The SMILES string of the molecule is COC(=O)CN(C(=O)c1sccc1C)C(C)C. The van der Waals surface area contributed by atoms with Gasteiger partial charge in [-0.15, -0.1) is 11.3 Å². The number of hydrogen-bond acceptors (Lipinski definition) is 4. The first kappa shape index (κ1) is 13.7. The number of carbonyl (C=O) groups is 2. The summed E-state index contributed by atoms with van der Waals surface area (Å²) >= 11 is 1.39. The van der Waals surface area contributed by atoms with Crippen LogP contribution in [0, 0.1) is 6.92 Å². The molecule has 4 nitrogen and oxygen atoms in total. The van der Waals surface area contributed by atoms with Gasteiger partial charge in [0, 0.05) is 6.04 Å². The number of methoxy groups -OCH3 is 1. The topological polar surface area (TPSA) is 46.6 Å². The molecular weight excluding hydrogens is 238 g/mol. The summed E-state index contributed by atoms with van der Waals surface area (Å²) in [5.74, 6) is -0.515. The average molecular weight is 255 g/mol. The second kappa shape index (κ2) is 5.82. The van der Waals surface area contributed by atoms with E-state index in [1.165, 1.54) is 23.3 Å². The summed E-state index contributed by atoms with van der Waals surface area (Å²) in [4.78, 5) is 25.7. The predicted molar refractivity (Wildman–Crippen MR) is 67.2 cm³/mol. The van der Waals surface area contributed by atoms with Gasteiger partial charge in [-0.05, 0) is 37.8 Å². The molecule has 0 unspecified atom stereocenters. The van der Waals surface area contributed by atoms with Crippen molar-refractivity contribution in [3.63, 3.8) is 0 Å². The number of amides is 1. The highest BCUT2D eigenvalue weighted by molar-refractivity contribution is 7.12. The highest BCUT2D eigenvalue weighted by atomic mass is 32.1. The zero-order valence-corrected chi connectivity index (χ0v) is 11.3. The normalized spacial score (nSPS) is 10.4. The molecular formula is C12H17NO3S. The van der Waals surface area contributed by atoms with Crippen molar-refractivity contribution in [2.75, 3.05) is 13.7 Å². The van der Waals surface area contributed by atoms with Crippen molar-refractivity contribution in [2.24, 2.45) is 0 Å². The number of esters is 1. The van der Waals surface area contributed by atoms with Crippen molar-refractivity contribution < 1.29 is 14.3 Å². The van der Waals surface area contributed by atoms with Crippen molar-refractivity contribution in [3.8, 4) is 0 Å². The number of rotatable bonds is 4. The Morgan fingerprint density at radius 1 is 1.47 bits per heavy atom. The molecule has 17 heavy (non-hydrogen) atoms. The summed E-state index contributed by atoms with van der Waals surface area (Å²) in [6.07, 6.45) is 0. The molecule has 0 N–H and O–H groups in total. The number of ether oxygens (including phenoxy) is 1. The fraction of sp³-hybridized carbons (Fsp3) is 0.500. The van der Waals surface area contributed by atoms with E-state index in [0.717, 1.165) is 5.56 Å². The van der Waals surface area contributed by atoms with Gasteiger partial charge >= 0.3 is 5.97 Å². The Balaban J connectivity index is 2.89. The molecule has 0 aliphatic heterocycles. The molecule has 0 saturated heterocycles. The molecule has 5 heteroatoms. The first-order valence-corrected chi connectivity index (χ1v) is 6.27. The molecule has 0 bridgehead atoms. The largest absolute Gasteiger partial charge is 0.468 e. The Hall–Kier alpha value is -1.36. The minimum absolute atomic E-state index is 0.00958. The summed E-state index contributed by atoms with van der Waals surface area (Å²) in [6.45, 7) is 5.64. The highest BCUT2D eigenvalue weighted by Crippen LogP contribution is 2.19. The molecule has 0 aromatic carbocycles. The van der Waals surface area contributed by atoms with E-state index in [0.29, 0.717) is 4.88 Å². The van der Waals surface area contributed by atoms with E-state index < -0.39 is 5.97 Å². The van der Waals surface area contributed by atoms with Crippen LogP contribution in [0.4, 0.5) is 0 Å². The lowest BCUT2D eigenvalue weighted by molar-refractivity contribution is -0.141. The van der Waals surface area contributed by atoms with E-state index in [1.807, 2.05) is 32.2 Å². The van der Waals surface area contributed by atoms with Gasteiger partial charge in [-0.2, -0.15) is 0 Å². The standard InChI is InChI=1S/C12H17NO3S/c1-8(2)13(7-10(14)16-4)12(15)11-9(3)5-6-17-11/h5-6,8H,7H2,1-4H3.